The van der Waals surface area contributed by atoms with Gasteiger partial charge in [-0.1, -0.05) is 6.08 Å². The molecule has 2 atom stereocenters. The van der Waals surface area contributed by atoms with Gasteiger partial charge < -0.3 is 9.64 Å². The Morgan fingerprint density at radius 2 is 2.36 bits per heavy atom. The van der Waals surface area contributed by atoms with E-state index in [0.717, 1.165) is 19.4 Å². The average Bonchev–Trinajstić information content (AvgIpc) is 2.65. The van der Waals surface area contributed by atoms with Crippen LogP contribution in [0.4, 0.5) is 0 Å². The second kappa shape index (κ2) is 4.13. The molecule has 2 rings (SSSR count). The van der Waals surface area contributed by atoms with Gasteiger partial charge in [-0.05, 0) is 32.3 Å². The molecule has 1 heterocycles. The highest BCUT2D eigenvalue weighted by Crippen LogP contribution is 2.29. The first kappa shape index (κ1) is 9.71. The van der Waals surface area contributed by atoms with Crippen LogP contribution in [0.1, 0.15) is 26.2 Å². The lowest BCUT2D eigenvalue weighted by molar-refractivity contribution is -0.138. The molecule has 0 radical (unpaired) electrons. The lowest BCUT2D eigenvalue weighted by Crippen LogP contribution is -2.50. The minimum Gasteiger partial charge on any atom is -0.374 e. The third-order valence-electron chi connectivity index (χ3n) is 3.07. The summed E-state index contributed by atoms with van der Waals surface area (Å²) < 4.78 is 5.64. The Morgan fingerprint density at radius 3 is 3.14 bits per heavy atom. The molecule has 1 saturated heterocycles. The summed E-state index contributed by atoms with van der Waals surface area (Å²) in [5.41, 5.74) is 0. The summed E-state index contributed by atoms with van der Waals surface area (Å²) in [6.07, 6.45) is 7.17. The molecule has 14 heavy (non-hydrogen) atoms. The monoisotopic (exact) mass is 195 g/mol. The molecule has 3 heteroatoms. The van der Waals surface area contributed by atoms with Gasteiger partial charge in [0.15, 0.2) is 0 Å². The molecule has 78 valence electrons. The molecule has 0 aromatic rings. The van der Waals surface area contributed by atoms with E-state index in [0.29, 0.717) is 18.8 Å². The van der Waals surface area contributed by atoms with E-state index in [1.165, 1.54) is 6.42 Å². The fraction of sp³-hybridized carbons (Fsp3) is 0.727. The van der Waals surface area contributed by atoms with Gasteiger partial charge in [0.05, 0.1) is 18.8 Å². The molecule has 1 amide bonds. The first-order chi connectivity index (χ1) is 6.83. The lowest BCUT2D eigenvalue weighted by atomic mass is 10.1. The van der Waals surface area contributed by atoms with Gasteiger partial charge in [0, 0.05) is 6.54 Å². The zero-order valence-corrected chi connectivity index (χ0v) is 8.61. The first-order valence-electron chi connectivity index (χ1n) is 5.38. The first-order valence-corrected chi connectivity index (χ1v) is 5.38. The minimum absolute atomic E-state index is 0.146. The van der Waals surface area contributed by atoms with Gasteiger partial charge in [0.2, 0.25) is 5.91 Å². The van der Waals surface area contributed by atoms with E-state index in [1.807, 2.05) is 17.9 Å². The standard InChI is InChI=1S/C11H17NO2/c1-2-4-11(13)12-7-8-14-10-6-3-5-9(10)12/h2,4,9-10H,3,5-8H2,1H3. The second-order valence-corrected chi connectivity index (χ2v) is 3.94. The Morgan fingerprint density at radius 1 is 1.50 bits per heavy atom. The summed E-state index contributed by atoms with van der Waals surface area (Å²) in [6, 6.07) is 0.340. The van der Waals surface area contributed by atoms with Gasteiger partial charge in [0.25, 0.3) is 0 Å². The van der Waals surface area contributed by atoms with Crippen molar-refractivity contribution in [2.24, 2.45) is 0 Å². The van der Waals surface area contributed by atoms with Gasteiger partial charge in [0.1, 0.15) is 0 Å². The molecule has 3 nitrogen and oxygen atoms in total. The highest BCUT2D eigenvalue weighted by molar-refractivity contribution is 5.87. The summed E-state index contributed by atoms with van der Waals surface area (Å²) in [4.78, 5) is 13.7. The number of amides is 1. The van der Waals surface area contributed by atoms with Gasteiger partial charge in [-0.15, -0.1) is 0 Å². The summed E-state index contributed by atoms with van der Waals surface area (Å²) in [7, 11) is 0. The number of morpholine rings is 1. The number of carbonyl (C=O) groups excluding carboxylic acids is 1. The SMILES string of the molecule is CC=CC(=O)N1CCOC2CCCC21. The van der Waals surface area contributed by atoms with Gasteiger partial charge in [-0.3, -0.25) is 4.79 Å². The van der Waals surface area contributed by atoms with Crippen molar-refractivity contribution in [3.05, 3.63) is 12.2 Å². The fourth-order valence-electron chi connectivity index (χ4n) is 2.44. The lowest BCUT2D eigenvalue weighted by Gasteiger charge is -2.37. The van der Waals surface area contributed by atoms with E-state index in [4.69, 9.17) is 4.74 Å². The van der Waals surface area contributed by atoms with Crippen LogP contribution in [0.15, 0.2) is 12.2 Å². The zero-order valence-electron chi connectivity index (χ0n) is 8.61. The molecule has 0 spiro atoms. The van der Waals surface area contributed by atoms with E-state index < -0.39 is 0 Å². The number of allylic oxidation sites excluding steroid dienone is 1. The molecule has 0 N–H and O–H groups in total. The Kier molecular flexibility index (Phi) is 2.87. The Labute approximate surface area is 84.7 Å². The molecule has 1 aliphatic heterocycles. The molecule has 2 fully saturated rings. The van der Waals surface area contributed by atoms with E-state index in [9.17, 15) is 4.79 Å². The van der Waals surface area contributed by atoms with Crippen LogP contribution >= 0.6 is 0 Å². The second-order valence-electron chi connectivity index (χ2n) is 3.94. The molecule has 2 aliphatic rings. The topological polar surface area (TPSA) is 29.5 Å². The average molecular weight is 195 g/mol. The Bertz CT molecular complexity index is 250. The van der Waals surface area contributed by atoms with Gasteiger partial charge >= 0.3 is 0 Å². The smallest absolute Gasteiger partial charge is 0.246 e. The molecular weight excluding hydrogens is 178 g/mol. The van der Waals surface area contributed by atoms with Crippen LogP contribution < -0.4 is 0 Å². The van der Waals surface area contributed by atoms with Gasteiger partial charge in [-0.2, -0.15) is 0 Å². The number of fused-ring (bicyclic) bond motifs is 1. The van der Waals surface area contributed by atoms with E-state index in [2.05, 4.69) is 0 Å². The van der Waals surface area contributed by atoms with Crippen molar-refractivity contribution in [1.82, 2.24) is 4.90 Å². The normalized spacial score (nSPS) is 32.2. The van der Waals surface area contributed by atoms with Gasteiger partial charge in [-0.25, -0.2) is 0 Å². The maximum absolute atomic E-state index is 11.7. The number of hydrogen-bond donors (Lipinski definition) is 0. The highest BCUT2D eigenvalue weighted by Gasteiger charge is 2.37. The quantitative estimate of drug-likeness (QED) is 0.591. The highest BCUT2D eigenvalue weighted by atomic mass is 16.5. The molecule has 1 aliphatic carbocycles. The van der Waals surface area contributed by atoms with Crippen molar-refractivity contribution in [3.8, 4) is 0 Å². The number of hydrogen-bond acceptors (Lipinski definition) is 2. The van der Waals surface area contributed by atoms with Crippen molar-refractivity contribution in [2.45, 2.75) is 38.3 Å². The largest absolute Gasteiger partial charge is 0.374 e. The molecular formula is C11H17NO2. The molecule has 0 aromatic carbocycles. The molecule has 0 aromatic heterocycles. The third-order valence-corrected chi connectivity index (χ3v) is 3.07. The minimum atomic E-state index is 0.146. The van der Waals surface area contributed by atoms with Crippen LogP contribution in [0.5, 0.6) is 0 Å². The molecule has 2 unspecified atom stereocenters. The van der Waals surface area contributed by atoms with Crippen LogP contribution in [0.3, 0.4) is 0 Å². The number of ether oxygens (including phenoxy) is 1. The van der Waals surface area contributed by atoms with E-state index in [-0.39, 0.29) is 5.91 Å². The van der Waals surface area contributed by atoms with Crippen molar-refractivity contribution in [2.75, 3.05) is 13.2 Å². The summed E-state index contributed by atoms with van der Waals surface area (Å²) in [5.74, 6) is 0.146. The van der Waals surface area contributed by atoms with E-state index in [1.54, 1.807) is 6.08 Å². The Hall–Kier alpha value is -0.830. The number of carbonyl (C=O) groups is 1. The van der Waals surface area contributed by atoms with Crippen LogP contribution in [-0.2, 0) is 9.53 Å². The fourth-order valence-corrected chi connectivity index (χ4v) is 2.44. The summed E-state index contributed by atoms with van der Waals surface area (Å²) in [6.45, 7) is 3.33. The number of nitrogens with zero attached hydrogens (tertiary/aromatic N) is 1. The van der Waals surface area contributed by atoms with Crippen LogP contribution in [0.25, 0.3) is 0 Å². The van der Waals surface area contributed by atoms with Crippen LogP contribution in [-0.4, -0.2) is 36.1 Å². The summed E-state index contributed by atoms with van der Waals surface area (Å²) in [5, 5.41) is 0. The maximum atomic E-state index is 11.7. The Balaban J connectivity index is 2.06. The number of rotatable bonds is 1. The van der Waals surface area contributed by atoms with E-state index >= 15 is 0 Å². The maximum Gasteiger partial charge on any atom is 0.246 e. The van der Waals surface area contributed by atoms with Crippen molar-refractivity contribution >= 4 is 5.91 Å². The zero-order chi connectivity index (χ0) is 9.97. The molecule has 1 saturated carbocycles. The van der Waals surface area contributed by atoms with Crippen LogP contribution in [0, 0.1) is 0 Å². The molecule has 0 bridgehead atoms. The van der Waals surface area contributed by atoms with Crippen molar-refractivity contribution in [3.63, 3.8) is 0 Å². The third kappa shape index (κ3) is 1.69. The van der Waals surface area contributed by atoms with Crippen molar-refractivity contribution in [1.29, 1.82) is 0 Å². The predicted octanol–water partition coefficient (Wildman–Crippen LogP) is 1.34. The summed E-state index contributed by atoms with van der Waals surface area (Å²) >= 11 is 0. The van der Waals surface area contributed by atoms with Crippen LogP contribution in [0.2, 0.25) is 0 Å². The predicted molar refractivity (Wildman–Crippen MR) is 53.9 cm³/mol. The van der Waals surface area contributed by atoms with Crippen molar-refractivity contribution < 1.29 is 9.53 Å².